The van der Waals surface area contributed by atoms with Crippen LogP contribution in [0.25, 0.3) is 0 Å². The summed E-state index contributed by atoms with van der Waals surface area (Å²) in [5, 5.41) is 12.9. The van der Waals surface area contributed by atoms with Crippen molar-refractivity contribution in [1.82, 2.24) is 10.3 Å². The van der Waals surface area contributed by atoms with E-state index in [2.05, 4.69) is 24.1 Å². The summed E-state index contributed by atoms with van der Waals surface area (Å²) in [7, 11) is 0. The van der Waals surface area contributed by atoms with Gasteiger partial charge >= 0.3 is 0 Å². The fraction of sp³-hybridized carbons (Fsp3) is 0.692. The van der Waals surface area contributed by atoms with E-state index >= 15 is 0 Å². The van der Waals surface area contributed by atoms with E-state index in [4.69, 9.17) is 5.11 Å². The quantitative estimate of drug-likeness (QED) is 0.832. The Balaban J connectivity index is 2.66. The molecule has 0 aliphatic carbocycles. The number of rotatable bonds is 6. The van der Waals surface area contributed by atoms with Crippen LogP contribution in [0, 0.1) is 12.8 Å². The number of aryl methyl sites for hydroxylation is 1. The second-order valence-electron chi connectivity index (χ2n) is 5.00. The first-order valence-electron chi connectivity index (χ1n) is 6.32. The molecule has 1 heterocycles. The Morgan fingerprint density at radius 1 is 1.44 bits per heavy atom. The minimum atomic E-state index is -0.386. The number of aliphatic hydroxyl groups is 1. The minimum absolute atomic E-state index is 0.0723. The summed E-state index contributed by atoms with van der Waals surface area (Å²) in [4.78, 5) is 17.2. The first-order chi connectivity index (χ1) is 8.40. The number of thiazole rings is 1. The SMILES string of the molecule is Cc1nc(CC(C)C)c(C(=O)NCCC(C)O)s1. The zero-order chi connectivity index (χ0) is 13.7. The third-order valence-electron chi connectivity index (χ3n) is 2.46. The average molecular weight is 270 g/mol. The van der Waals surface area contributed by atoms with Crippen molar-refractivity contribution >= 4 is 17.2 Å². The van der Waals surface area contributed by atoms with E-state index in [9.17, 15) is 4.79 Å². The number of nitrogens with zero attached hydrogens (tertiary/aromatic N) is 1. The van der Waals surface area contributed by atoms with E-state index in [-0.39, 0.29) is 12.0 Å². The normalized spacial score (nSPS) is 12.8. The maximum absolute atomic E-state index is 12.0. The van der Waals surface area contributed by atoms with Crippen LogP contribution in [0.2, 0.25) is 0 Å². The topological polar surface area (TPSA) is 62.2 Å². The van der Waals surface area contributed by atoms with E-state index in [0.29, 0.717) is 23.8 Å². The highest BCUT2D eigenvalue weighted by molar-refractivity contribution is 7.13. The largest absolute Gasteiger partial charge is 0.393 e. The molecule has 2 N–H and O–H groups in total. The summed E-state index contributed by atoms with van der Waals surface area (Å²) < 4.78 is 0. The van der Waals surface area contributed by atoms with Gasteiger partial charge in [0.25, 0.3) is 5.91 Å². The molecule has 18 heavy (non-hydrogen) atoms. The maximum atomic E-state index is 12.0. The van der Waals surface area contributed by atoms with E-state index in [0.717, 1.165) is 17.1 Å². The van der Waals surface area contributed by atoms with Gasteiger partial charge in [-0.25, -0.2) is 4.98 Å². The lowest BCUT2D eigenvalue weighted by molar-refractivity contribution is 0.0948. The predicted molar refractivity (Wildman–Crippen MR) is 74.0 cm³/mol. The smallest absolute Gasteiger partial charge is 0.263 e. The molecule has 0 radical (unpaired) electrons. The van der Waals surface area contributed by atoms with Gasteiger partial charge in [-0.05, 0) is 32.6 Å². The van der Waals surface area contributed by atoms with Gasteiger partial charge in [0.05, 0.1) is 16.8 Å². The van der Waals surface area contributed by atoms with Crippen molar-refractivity contribution in [2.24, 2.45) is 5.92 Å². The molecule has 1 unspecified atom stereocenters. The molecule has 4 nitrogen and oxygen atoms in total. The number of amides is 1. The molecule has 1 rings (SSSR count). The number of carbonyl (C=O) groups is 1. The van der Waals surface area contributed by atoms with Gasteiger partial charge in [0, 0.05) is 6.54 Å². The number of hydrogen-bond donors (Lipinski definition) is 2. The summed E-state index contributed by atoms with van der Waals surface area (Å²) in [6.07, 6.45) is 1.01. The molecule has 1 amide bonds. The first kappa shape index (κ1) is 15.1. The Kier molecular flexibility index (Phi) is 5.75. The van der Waals surface area contributed by atoms with Crippen molar-refractivity contribution in [3.63, 3.8) is 0 Å². The summed E-state index contributed by atoms with van der Waals surface area (Å²) >= 11 is 1.44. The summed E-state index contributed by atoms with van der Waals surface area (Å²) in [5.74, 6) is 0.410. The van der Waals surface area contributed by atoms with Crippen molar-refractivity contribution in [1.29, 1.82) is 0 Å². The number of carbonyl (C=O) groups excluding carboxylic acids is 1. The molecule has 0 aromatic carbocycles. The third kappa shape index (κ3) is 4.74. The highest BCUT2D eigenvalue weighted by Crippen LogP contribution is 2.20. The van der Waals surface area contributed by atoms with Gasteiger partial charge in [0.1, 0.15) is 4.88 Å². The summed E-state index contributed by atoms with van der Waals surface area (Å²) in [6, 6.07) is 0. The molecule has 102 valence electrons. The Morgan fingerprint density at radius 2 is 2.11 bits per heavy atom. The molecule has 1 aromatic heterocycles. The maximum Gasteiger partial charge on any atom is 0.263 e. The Hall–Kier alpha value is -0.940. The molecule has 0 saturated heterocycles. The highest BCUT2D eigenvalue weighted by atomic mass is 32.1. The average Bonchev–Trinajstić information content (AvgIpc) is 2.57. The molecule has 0 aliphatic rings. The van der Waals surface area contributed by atoms with Gasteiger partial charge in [-0.3, -0.25) is 4.79 Å². The van der Waals surface area contributed by atoms with Crippen LogP contribution in [-0.2, 0) is 6.42 Å². The van der Waals surface area contributed by atoms with Crippen LogP contribution in [-0.4, -0.2) is 28.6 Å². The van der Waals surface area contributed by atoms with Gasteiger partial charge in [-0.15, -0.1) is 11.3 Å². The van der Waals surface area contributed by atoms with E-state index < -0.39 is 0 Å². The lowest BCUT2D eigenvalue weighted by Crippen LogP contribution is -2.26. The van der Waals surface area contributed by atoms with Crippen LogP contribution in [0.15, 0.2) is 0 Å². The molecule has 1 aromatic rings. The summed E-state index contributed by atoms with van der Waals surface area (Å²) in [5.41, 5.74) is 0.891. The fourth-order valence-corrected chi connectivity index (χ4v) is 2.51. The number of hydrogen-bond acceptors (Lipinski definition) is 4. The van der Waals surface area contributed by atoms with Gasteiger partial charge in [-0.1, -0.05) is 13.8 Å². The Bertz CT molecular complexity index is 400. The number of nitrogens with one attached hydrogen (secondary N) is 1. The van der Waals surface area contributed by atoms with Crippen molar-refractivity contribution in [2.45, 2.75) is 46.6 Å². The standard InChI is InChI=1S/C13H22N2O2S/c1-8(2)7-11-12(18-10(4)15-11)13(17)14-6-5-9(3)16/h8-9,16H,5-7H2,1-4H3,(H,14,17). The zero-order valence-electron chi connectivity index (χ0n) is 11.5. The van der Waals surface area contributed by atoms with Crippen LogP contribution in [0.4, 0.5) is 0 Å². The predicted octanol–water partition coefficient (Wildman–Crippen LogP) is 2.15. The van der Waals surface area contributed by atoms with Gasteiger partial charge in [0.15, 0.2) is 0 Å². The lowest BCUT2D eigenvalue weighted by atomic mass is 10.1. The molecule has 5 heteroatoms. The summed E-state index contributed by atoms with van der Waals surface area (Å²) in [6.45, 7) is 8.36. The lowest BCUT2D eigenvalue weighted by Gasteiger charge is -2.07. The zero-order valence-corrected chi connectivity index (χ0v) is 12.3. The van der Waals surface area contributed by atoms with Crippen molar-refractivity contribution < 1.29 is 9.90 Å². The molecule has 0 aliphatic heterocycles. The second kappa shape index (κ2) is 6.85. The van der Waals surface area contributed by atoms with E-state index in [1.807, 2.05) is 6.92 Å². The highest BCUT2D eigenvalue weighted by Gasteiger charge is 2.17. The van der Waals surface area contributed by atoms with Crippen molar-refractivity contribution in [2.75, 3.05) is 6.54 Å². The van der Waals surface area contributed by atoms with Crippen molar-refractivity contribution in [3.8, 4) is 0 Å². The van der Waals surface area contributed by atoms with Crippen molar-refractivity contribution in [3.05, 3.63) is 15.6 Å². The van der Waals surface area contributed by atoms with E-state index in [1.165, 1.54) is 11.3 Å². The Labute approximate surface area is 112 Å². The van der Waals surface area contributed by atoms with Crippen LogP contribution in [0.1, 0.15) is 47.6 Å². The molecule has 0 spiro atoms. The molecule has 0 saturated carbocycles. The number of aromatic nitrogens is 1. The fourth-order valence-electron chi connectivity index (χ4n) is 1.65. The van der Waals surface area contributed by atoms with Gasteiger partial charge in [-0.2, -0.15) is 0 Å². The second-order valence-corrected chi connectivity index (χ2v) is 6.20. The molecule has 0 fully saturated rings. The minimum Gasteiger partial charge on any atom is -0.393 e. The molecular weight excluding hydrogens is 248 g/mol. The van der Waals surface area contributed by atoms with Crippen LogP contribution < -0.4 is 5.32 Å². The number of aliphatic hydroxyl groups excluding tert-OH is 1. The van der Waals surface area contributed by atoms with Crippen LogP contribution >= 0.6 is 11.3 Å². The monoisotopic (exact) mass is 270 g/mol. The van der Waals surface area contributed by atoms with Gasteiger partial charge < -0.3 is 10.4 Å². The molecule has 0 bridgehead atoms. The third-order valence-corrected chi connectivity index (χ3v) is 3.47. The van der Waals surface area contributed by atoms with E-state index in [1.54, 1.807) is 6.92 Å². The van der Waals surface area contributed by atoms with Crippen LogP contribution in [0.3, 0.4) is 0 Å². The Morgan fingerprint density at radius 3 is 2.67 bits per heavy atom. The molecule has 1 atom stereocenters. The van der Waals surface area contributed by atoms with Gasteiger partial charge in [0.2, 0.25) is 0 Å². The first-order valence-corrected chi connectivity index (χ1v) is 7.14. The molecular formula is C13H22N2O2S. The van der Waals surface area contributed by atoms with Crippen LogP contribution in [0.5, 0.6) is 0 Å².